The van der Waals surface area contributed by atoms with E-state index in [9.17, 15) is 13.2 Å². The highest BCUT2D eigenvalue weighted by Gasteiger charge is 2.29. The van der Waals surface area contributed by atoms with E-state index in [0.717, 1.165) is 6.08 Å². The molecule has 0 aromatic rings. The monoisotopic (exact) mass is 180 g/mol. The Morgan fingerprint density at radius 1 is 1.25 bits per heavy atom. The average molecular weight is 180 g/mol. The topological polar surface area (TPSA) is 29.5 Å². The third-order valence-corrected chi connectivity index (χ3v) is 0.952. The molecular weight excluding hydrogens is 173 g/mol. The highest BCUT2D eigenvalue weighted by Crippen LogP contribution is 2.24. The Hall–Kier alpha value is -1.23. The largest absolute Gasteiger partial charge is 0.415 e. The standard InChI is InChI=1S/C7H7F3O2/c1-5(7(8,9)10)3-4-6(2)12-11/h3-4,11H,1-2H2/b4-3-. The van der Waals surface area contributed by atoms with Crippen molar-refractivity contribution in [1.82, 2.24) is 0 Å². The van der Waals surface area contributed by atoms with Gasteiger partial charge in [-0.3, -0.25) is 0 Å². The lowest BCUT2D eigenvalue weighted by molar-refractivity contribution is -0.197. The predicted molar refractivity (Wildman–Crippen MR) is 37.2 cm³/mol. The molecule has 0 atom stereocenters. The molecule has 0 amide bonds. The summed E-state index contributed by atoms with van der Waals surface area (Å²) in [6.45, 7) is 5.80. The Labute approximate surface area is 67.2 Å². The number of allylic oxidation sites excluding steroid dienone is 3. The summed E-state index contributed by atoms with van der Waals surface area (Å²) in [5, 5.41) is 7.89. The first-order chi connectivity index (χ1) is 5.38. The van der Waals surface area contributed by atoms with Gasteiger partial charge in [-0.2, -0.15) is 13.2 Å². The van der Waals surface area contributed by atoms with Crippen LogP contribution in [0.15, 0.2) is 36.6 Å². The van der Waals surface area contributed by atoms with Crippen molar-refractivity contribution in [3.05, 3.63) is 36.6 Å². The van der Waals surface area contributed by atoms with Gasteiger partial charge in [0.1, 0.15) is 0 Å². The molecule has 0 heterocycles. The second-order valence-electron chi connectivity index (χ2n) is 1.91. The van der Waals surface area contributed by atoms with Crippen molar-refractivity contribution in [2.45, 2.75) is 6.18 Å². The van der Waals surface area contributed by atoms with Gasteiger partial charge in [0.15, 0.2) is 5.76 Å². The SMILES string of the molecule is C=C(/C=C\C(=C)C(F)(F)F)OO. The Bertz CT molecular complexity index is 215. The second-order valence-corrected chi connectivity index (χ2v) is 1.91. The Kier molecular flexibility index (Phi) is 3.56. The van der Waals surface area contributed by atoms with E-state index in [-0.39, 0.29) is 5.76 Å². The van der Waals surface area contributed by atoms with Gasteiger partial charge in [0, 0.05) is 5.57 Å². The zero-order valence-electron chi connectivity index (χ0n) is 6.06. The van der Waals surface area contributed by atoms with Crippen molar-refractivity contribution in [2.24, 2.45) is 0 Å². The van der Waals surface area contributed by atoms with Crippen molar-refractivity contribution < 1.29 is 23.3 Å². The number of hydrogen-bond acceptors (Lipinski definition) is 2. The maximum absolute atomic E-state index is 11.7. The van der Waals surface area contributed by atoms with Gasteiger partial charge in [0.05, 0.1) is 0 Å². The van der Waals surface area contributed by atoms with Gasteiger partial charge < -0.3 is 4.89 Å². The van der Waals surface area contributed by atoms with E-state index in [1.165, 1.54) is 0 Å². The number of hydrogen-bond donors (Lipinski definition) is 1. The molecule has 0 aliphatic carbocycles. The van der Waals surface area contributed by atoms with Crippen molar-refractivity contribution in [1.29, 1.82) is 0 Å². The summed E-state index contributed by atoms with van der Waals surface area (Å²) in [7, 11) is 0. The van der Waals surface area contributed by atoms with E-state index in [0.29, 0.717) is 6.08 Å². The molecule has 0 aromatic carbocycles. The van der Waals surface area contributed by atoms with Gasteiger partial charge in [-0.05, 0) is 12.2 Å². The molecule has 0 aromatic heterocycles. The summed E-state index contributed by atoms with van der Waals surface area (Å²) in [6, 6.07) is 0. The summed E-state index contributed by atoms with van der Waals surface area (Å²) < 4.78 is 35.2. The fraction of sp³-hybridized carbons (Fsp3) is 0.143. The van der Waals surface area contributed by atoms with Crippen molar-refractivity contribution >= 4 is 0 Å². The van der Waals surface area contributed by atoms with Crippen molar-refractivity contribution in [3.63, 3.8) is 0 Å². The third kappa shape index (κ3) is 3.82. The fourth-order valence-electron chi connectivity index (χ4n) is 0.318. The molecule has 0 radical (unpaired) electrons. The molecule has 0 saturated carbocycles. The van der Waals surface area contributed by atoms with Crippen LogP contribution in [0.5, 0.6) is 0 Å². The third-order valence-electron chi connectivity index (χ3n) is 0.952. The zero-order chi connectivity index (χ0) is 9.78. The molecule has 68 valence electrons. The van der Waals surface area contributed by atoms with Gasteiger partial charge in [-0.15, -0.1) is 0 Å². The minimum atomic E-state index is -4.47. The molecule has 0 aliphatic rings. The van der Waals surface area contributed by atoms with Crippen molar-refractivity contribution in [2.75, 3.05) is 0 Å². The first kappa shape index (κ1) is 10.8. The zero-order valence-corrected chi connectivity index (χ0v) is 6.06. The molecule has 0 fully saturated rings. The van der Waals surface area contributed by atoms with Crippen LogP contribution in [0, 0.1) is 0 Å². The van der Waals surface area contributed by atoms with E-state index in [2.05, 4.69) is 18.0 Å². The minimum Gasteiger partial charge on any atom is -0.341 e. The summed E-state index contributed by atoms with van der Waals surface area (Å²) in [5.41, 5.74) is -1.04. The highest BCUT2D eigenvalue weighted by molar-refractivity contribution is 5.24. The van der Waals surface area contributed by atoms with E-state index in [4.69, 9.17) is 5.26 Å². The molecule has 2 nitrogen and oxygen atoms in total. The van der Waals surface area contributed by atoms with Crippen LogP contribution in [0.3, 0.4) is 0 Å². The van der Waals surface area contributed by atoms with E-state index >= 15 is 0 Å². The smallest absolute Gasteiger partial charge is 0.341 e. The van der Waals surface area contributed by atoms with E-state index in [1.807, 2.05) is 0 Å². The predicted octanol–water partition coefficient (Wildman–Crippen LogP) is 2.66. The van der Waals surface area contributed by atoms with Gasteiger partial charge in [-0.1, -0.05) is 13.2 Å². The summed E-state index contributed by atoms with van der Waals surface area (Å²) in [6.07, 6.45) is -2.96. The highest BCUT2D eigenvalue weighted by atomic mass is 19.4. The molecule has 0 aliphatic heterocycles. The summed E-state index contributed by atoms with van der Waals surface area (Å²) >= 11 is 0. The molecule has 0 bridgehead atoms. The van der Waals surface area contributed by atoms with Gasteiger partial charge >= 0.3 is 6.18 Å². The van der Waals surface area contributed by atoms with Crippen LogP contribution in [0.2, 0.25) is 0 Å². The molecule has 0 saturated heterocycles. The van der Waals surface area contributed by atoms with Crippen molar-refractivity contribution in [3.8, 4) is 0 Å². The summed E-state index contributed by atoms with van der Waals surface area (Å²) in [5.74, 6) is -0.291. The van der Waals surface area contributed by atoms with Crippen LogP contribution < -0.4 is 0 Å². The number of rotatable bonds is 3. The van der Waals surface area contributed by atoms with Gasteiger partial charge in [-0.25, -0.2) is 5.26 Å². The first-order valence-corrected chi connectivity index (χ1v) is 2.82. The van der Waals surface area contributed by atoms with Crippen LogP contribution >= 0.6 is 0 Å². The molecule has 0 spiro atoms. The van der Waals surface area contributed by atoms with Gasteiger partial charge in [0.2, 0.25) is 0 Å². The average Bonchev–Trinajstić information content (AvgIpc) is 1.97. The van der Waals surface area contributed by atoms with Crippen LogP contribution in [0.4, 0.5) is 13.2 Å². The molecule has 12 heavy (non-hydrogen) atoms. The molecule has 0 rings (SSSR count). The quantitative estimate of drug-likeness (QED) is 0.313. The molecule has 0 unspecified atom stereocenters. The Balaban J connectivity index is 4.19. The lowest BCUT2D eigenvalue weighted by Crippen LogP contribution is -2.08. The lowest BCUT2D eigenvalue weighted by Gasteiger charge is -2.04. The van der Waals surface area contributed by atoms with Crippen LogP contribution in [0.25, 0.3) is 0 Å². The normalized spacial score (nSPS) is 11.7. The van der Waals surface area contributed by atoms with E-state index in [1.54, 1.807) is 0 Å². The minimum absolute atomic E-state index is 0.291. The lowest BCUT2D eigenvalue weighted by atomic mass is 10.2. The van der Waals surface area contributed by atoms with Crippen LogP contribution in [-0.4, -0.2) is 11.4 Å². The fourth-order valence-corrected chi connectivity index (χ4v) is 0.318. The Morgan fingerprint density at radius 3 is 2.08 bits per heavy atom. The maximum Gasteiger partial charge on any atom is 0.415 e. The van der Waals surface area contributed by atoms with Crippen LogP contribution in [0.1, 0.15) is 0 Å². The molecule has 5 heteroatoms. The number of halogens is 3. The molecule has 1 N–H and O–H groups in total. The number of alkyl halides is 3. The van der Waals surface area contributed by atoms with Gasteiger partial charge in [0.25, 0.3) is 0 Å². The second kappa shape index (κ2) is 3.96. The molecular formula is C7H7F3O2. The van der Waals surface area contributed by atoms with Crippen LogP contribution in [-0.2, 0) is 4.89 Å². The summed E-state index contributed by atoms with van der Waals surface area (Å²) in [4.78, 5) is 3.52. The maximum atomic E-state index is 11.7. The first-order valence-electron chi connectivity index (χ1n) is 2.82. The van der Waals surface area contributed by atoms with E-state index < -0.39 is 11.7 Å². The Morgan fingerprint density at radius 2 is 1.75 bits per heavy atom.